The van der Waals surface area contributed by atoms with Crippen LogP contribution in [0.4, 0.5) is 0 Å². The van der Waals surface area contributed by atoms with Gasteiger partial charge >= 0.3 is 11.9 Å². The fourth-order valence-corrected chi connectivity index (χ4v) is 3.26. The quantitative estimate of drug-likeness (QED) is 0.290. The Kier molecular flexibility index (Phi) is 6.89. The van der Waals surface area contributed by atoms with Crippen LogP contribution in [-0.4, -0.2) is 22.2 Å². The molecular formula is C28H22O6. The number of hydrogen-bond donors (Lipinski definition) is 2. The van der Waals surface area contributed by atoms with E-state index < -0.39 is 11.9 Å². The molecule has 4 rings (SSSR count). The lowest BCUT2D eigenvalue weighted by atomic mass is 10.0. The van der Waals surface area contributed by atoms with Gasteiger partial charge in [0.05, 0.1) is 11.1 Å². The van der Waals surface area contributed by atoms with Crippen molar-refractivity contribution in [1.82, 2.24) is 0 Å². The first-order chi connectivity index (χ1) is 16.5. The maximum Gasteiger partial charge on any atom is 0.343 e. The molecule has 0 amide bonds. The number of aromatic hydroxyl groups is 2. The number of phenols is 2. The number of carbonyl (C=O) groups excluding carboxylic acids is 2. The summed E-state index contributed by atoms with van der Waals surface area (Å²) in [6.45, 7) is 0. The first-order valence-electron chi connectivity index (χ1n) is 10.7. The minimum atomic E-state index is -0.487. The van der Waals surface area contributed by atoms with Crippen LogP contribution in [0.2, 0.25) is 0 Å². The number of esters is 2. The molecule has 0 saturated carbocycles. The minimum Gasteiger partial charge on any atom is -0.508 e. The number of carbonyl (C=O) groups is 2. The van der Waals surface area contributed by atoms with Gasteiger partial charge in [0.2, 0.25) is 0 Å². The van der Waals surface area contributed by atoms with E-state index in [4.69, 9.17) is 9.47 Å². The summed E-state index contributed by atoms with van der Waals surface area (Å²) in [5, 5.41) is 18.6. The van der Waals surface area contributed by atoms with Crippen molar-refractivity contribution in [3.63, 3.8) is 0 Å². The smallest absolute Gasteiger partial charge is 0.343 e. The van der Waals surface area contributed by atoms with E-state index >= 15 is 0 Å². The highest BCUT2D eigenvalue weighted by atomic mass is 16.5. The number of phenolic OH excluding ortho intramolecular Hbond substituents is 2. The van der Waals surface area contributed by atoms with E-state index in [1.807, 2.05) is 24.3 Å². The maximum absolute atomic E-state index is 12.2. The maximum atomic E-state index is 12.2. The van der Waals surface area contributed by atoms with Crippen LogP contribution in [0.3, 0.4) is 0 Å². The highest BCUT2D eigenvalue weighted by molar-refractivity contribution is 5.91. The second-order valence-electron chi connectivity index (χ2n) is 7.66. The number of rotatable bonds is 7. The molecule has 0 unspecified atom stereocenters. The van der Waals surface area contributed by atoms with Gasteiger partial charge in [-0.25, -0.2) is 9.59 Å². The van der Waals surface area contributed by atoms with E-state index in [0.717, 1.165) is 24.0 Å². The lowest BCUT2D eigenvalue weighted by molar-refractivity contribution is 0.0725. The van der Waals surface area contributed by atoms with Gasteiger partial charge in [-0.15, -0.1) is 0 Å². The van der Waals surface area contributed by atoms with E-state index in [0.29, 0.717) is 22.6 Å². The first kappa shape index (κ1) is 22.6. The highest BCUT2D eigenvalue weighted by Gasteiger charge is 2.10. The molecular weight excluding hydrogens is 432 g/mol. The second-order valence-corrected chi connectivity index (χ2v) is 7.66. The van der Waals surface area contributed by atoms with Crippen molar-refractivity contribution >= 4 is 11.9 Å². The number of ether oxygens (including phenoxy) is 2. The molecule has 6 heteroatoms. The summed E-state index contributed by atoms with van der Waals surface area (Å²) in [6.07, 6.45) is 1.58. The van der Waals surface area contributed by atoms with Crippen LogP contribution in [0.25, 0.3) is 0 Å². The van der Waals surface area contributed by atoms with Gasteiger partial charge in [0, 0.05) is 0 Å². The largest absolute Gasteiger partial charge is 0.508 e. The third kappa shape index (κ3) is 6.01. The summed E-state index contributed by atoms with van der Waals surface area (Å²) in [5.74, 6) is 0.0948. The SMILES string of the molecule is O=C(Oc1ccc(CCc2ccc(OC(=O)c3ccc(O)cc3)cc2)cc1)c1ccc(O)cc1. The molecule has 0 fully saturated rings. The van der Waals surface area contributed by atoms with E-state index in [1.54, 1.807) is 24.3 Å². The molecule has 0 aliphatic heterocycles. The Hall–Kier alpha value is -4.58. The molecule has 0 heterocycles. The predicted molar refractivity (Wildman–Crippen MR) is 126 cm³/mol. The zero-order chi connectivity index (χ0) is 23.9. The molecule has 4 aromatic carbocycles. The van der Waals surface area contributed by atoms with E-state index in [9.17, 15) is 19.8 Å². The summed E-state index contributed by atoms with van der Waals surface area (Å²) >= 11 is 0. The molecule has 34 heavy (non-hydrogen) atoms. The van der Waals surface area contributed by atoms with Crippen LogP contribution in [0.15, 0.2) is 97.1 Å². The number of aryl methyl sites for hydroxylation is 2. The van der Waals surface area contributed by atoms with Crippen LogP contribution in [0.1, 0.15) is 31.8 Å². The lowest BCUT2D eigenvalue weighted by Gasteiger charge is -2.08. The molecule has 6 nitrogen and oxygen atoms in total. The Labute approximate surface area is 196 Å². The summed E-state index contributed by atoms with van der Waals surface area (Å²) in [5.41, 5.74) is 2.90. The second kappa shape index (κ2) is 10.4. The Morgan fingerprint density at radius 3 is 1.15 bits per heavy atom. The highest BCUT2D eigenvalue weighted by Crippen LogP contribution is 2.19. The molecule has 170 valence electrons. The fraction of sp³-hybridized carbons (Fsp3) is 0.0714. The summed E-state index contributed by atoms with van der Waals surface area (Å²) < 4.78 is 10.7. The third-order valence-corrected chi connectivity index (χ3v) is 5.18. The van der Waals surface area contributed by atoms with Crippen molar-refractivity contribution in [3.8, 4) is 23.0 Å². The normalized spacial score (nSPS) is 10.5. The van der Waals surface area contributed by atoms with Gasteiger partial charge in [0.15, 0.2) is 0 Å². The third-order valence-electron chi connectivity index (χ3n) is 5.18. The Morgan fingerprint density at radius 1 is 0.500 bits per heavy atom. The average Bonchev–Trinajstić information content (AvgIpc) is 2.85. The zero-order valence-electron chi connectivity index (χ0n) is 18.2. The molecule has 4 aromatic rings. The average molecular weight is 454 g/mol. The van der Waals surface area contributed by atoms with Gasteiger partial charge in [-0.05, 0) is 96.8 Å². The van der Waals surface area contributed by atoms with Gasteiger partial charge in [0.25, 0.3) is 0 Å². The Morgan fingerprint density at radius 2 is 0.824 bits per heavy atom. The molecule has 0 saturated heterocycles. The van der Waals surface area contributed by atoms with E-state index in [1.165, 1.54) is 48.5 Å². The van der Waals surface area contributed by atoms with Crippen molar-refractivity contribution in [2.75, 3.05) is 0 Å². The number of benzene rings is 4. The lowest BCUT2D eigenvalue weighted by Crippen LogP contribution is -2.08. The summed E-state index contributed by atoms with van der Waals surface area (Å²) in [6, 6.07) is 26.4. The molecule has 0 aromatic heterocycles. The van der Waals surface area contributed by atoms with Gasteiger partial charge in [-0.2, -0.15) is 0 Å². The molecule has 0 bridgehead atoms. The van der Waals surface area contributed by atoms with Gasteiger partial charge in [0.1, 0.15) is 23.0 Å². The minimum absolute atomic E-state index is 0.0886. The van der Waals surface area contributed by atoms with Crippen molar-refractivity contribution in [2.45, 2.75) is 12.8 Å². The van der Waals surface area contributed by atoms with Crippen LogP contribution in [0.5, 0.6) is 23.0 Å². The zero-order valence-corrected chi connectivity index (χ0v) is 18.2. The summed E-state index contributed by atoms with van der Waals surface area (Å²) in [7, 11) is 0. The molecule has 0 aliphatic carbocycles. The van der Waals surface area contributed by atoms with Crippen molar-refractivity contribution in [1.29, 1.82) is 0 Å². The molecule has 0 aliphatic rings. The van der Waals surface area contributed by atoms with Gasteiger partial charge < -0.3 is 19.7 Å². The first-order valence-corrected chi connectivity index (χ1v) is 10.7. The van der Waals surface area contributed by atoms with Crippen LogP contribution in [-0.2, 0) is 12.8 Å². The standard InChI is InChI=1S/C28H22O6/c29-23-11-7-21(8-12-23)27(31)33-25-15-3-19(4-16-25)1-2-20-5-17-26(18-6-20)34-28(32)22-9-13-24(30)14-10-22/h3-18,29-30H,1-2H2. The van der Waals surface area contributed by atoms with Gasteiger partial charge in [-0.1, -0.05) is 24.3 Å². The van der Waals surface area contributed by atoms with Gasteiger partial charge in [-0.3, -0.25) is 0 Å². The van der Waals surface area contributed by atoms with Crippen molar-refractivity contribution in [3.05, 3.63) is 119 Å². The van der Waals surface area contributed by atoms with Crippen LogP contribution < -0.4 is 9.47 Å². The van der Waals surface area contributed by atoms with E-state index in [2.05, 4.69) is 0 Å². The summed E-state index contributed by atoms with van der Waals surface area (Å²) in [4.78, 5) is 24.3. The monoisotopic (exact) mass is 454 g/mol. The topological polar surface area (TPSA) is 93.1 Å². The van der Waals surface area contributed by atoms with Crippen LogP contribution in [0, 0.1) is 0 Å². The fourth-order valence-electron chi connectivity index (χ4n) is 3.26. The van der Waals surface area contributed by atoms with Crippen molar-refractivity contribution in [2.24, 2.45) is 0 Å². The Bertz CT molecular complexity index is 1160. The van der Waals surface area contributed by atoms with Crippen molar-refractivity contribution < 1.29 is 29.3 Å². The number of hydrogen-bond acceptors (Lipinski definition) is 6. The van der Waals surface area contributed by atoms with Crippen LogP contribution >= 0.6 is 0 Å². The molecule has 0 spiro atoms. The molecule has 0 radical (unpaired) electrons. The Balaban J connectivity index is 1.27. The van der Waals surface area contributed by atoms with E-state index in [-0.39, 0.29) is 11.5 Å². The predicted octanol–water partition coefficient (Wildman–Crippen LogP) is 5.32. The molecule has 0 atom stereocenters. The molecule has 2 N–H and O–H groups in total.